The van der Waals surface area contributed by atoms with Crippen molar-refractivity contribution in [3.63, 3.8) is 0 Å². The number of carbonyl (C=O) groups excluding carboxylic acids is 1. The number of esters is 1. The van der Waals surface area contributed by atoms with Crippen molar-refractivity contribution in [3.05, 3.63) is 23.8 Å². The second kappa shape index (κ2) is 5.31. The number of nitrogens with two attached hydrogens (primary N) is 1. The van der Waals surface area contributed by atoms with E-state index in [0.29, 0.717) is 23.0 Å². The molecule has 1 heterocycles. The Balaban J connectivity index is 2.26. The molecule has 0 amide bonds. The van der Waals surface area contributed by atoms with E-state index in [1.807, 2.05) is 11.8 Å². The quantitative estimate of drug-likeness (QED) is 0.636. The highest BCUT2D eigenvalue weighted by Gasteiger charge is 2.20. The number of nitrogens with one attached hydrogen (secondary N) is 1. The Morgan fingerprint density at radius 1 is 1.59 bits per heavy atom. The molecule has 1 saturated heterocycles. The summed E-state index contributed by atoms with van der Waals surface area (Å²) in [6, 6.07) is 5.66. The van der Waals surface area contributed by atoms with Crippen LogP contribution in [0.5, 0.6) is 0 Å². The van der Waals surface area contributed by atoms with Gasteiger partial charge in [-0.05, 0) is 24.3 Å². The molecule has 0 radical (unpaired) electrons. The normalized spacial score (nSPS) is 19.0. The number of hydrogen-bond acceptors (Lipinski definition) is 5. The molecule has 1 unspecified atom stereocenters. The third-order valence-electron chi connectivity index (χ3n) is 2.78. The molecule has 0 saturated carbocycles. The molecule has 1 fully saturated rings. The summed E-state index contributed by atoms with van der Waals surface area (Å²) in [4.78, 5) is 11.6. The summed E-state index contributed by atoms with van der Waals surface area (Å²) in [5, 5.41) is 3.35. The number of para-hydroxylation sites is 1. The van der Waals surface area contributed by atoms with E-state index in [9.17, 15) is 4.79 Å². The summed E-state index contributed by atoms with van der Waals surface area (Å²) in [5.41, 5.74) is 7.71. The number of benzene rings is 1. The van der Waals surface area contributed by atoms with Crippen LogP contribution in [0.3, 0.4) is 0 Å². The molecule has 1 aromatic carbocycles. The molecule has 92 valence electrons. The van der Waals surface area contributed by atoms with Gasteiger partial charge < -0.3 is 15.8 Å². The SMILES string of the molecule is COC(=O)c1cccc(N)c1NC1CCSC1. The van der Waals surface area contributed by atoms with Gasteiger partial charge in [0, 0.05) is 11.8 Å². The van der Waals surface area contributed by atoms with Gasteiger partial charge in [-0.1, -0.05) is 6.07 Å². The second-order valence-electron chi connectivity index (χ2n) is 3.97. The van der Waals surface area contributed by atoms with Crippen molar-refractivity contribution < 1.29 is 9.53 Å². The summed E-state index contributed by atoms with van der Waals surface area (Å²) >= 11 is 1.91. The van der Waals surface area contributed by atoms with E-state index < -0.39 is 0 Å². The Morgan fingerprint density at radius 2 is 2.41 bits per heavy atom. The molecule has 1 aliphatic heterocycles. The molecule has 17 heavy (non-hydrogen) atoms. The Bertz CT molecular complexity index is 417. The number of thioether (sulfide) groups is 1. The Morgan fingerprint density at radius 3 is 3.06 bits per heavy atom. The fourth-order valence-electron chi connectivity index (χ4n) is 1.86. The van der Waals surface area contributed by atoms with Gasteiger partial charge in [-0.2, -0.15) is 11.8 Å². The molecule has 5 heteroatoms. The van der Waals surface area contributed by atoms with Crippen molar-refractivity contribution in [3.8, 4) is 0 Å². The molecule has 1 aromatic rings. The lowest BCUT2D eigenvalue weighted by molar-refractivity contribution is 0.0602. The third kappa shape index (κ3) is 2.66. The number of anilines is 2. The van der Waals surface area contributed by atoms with E-state index in [1.54, 1.807) is 18.2 Å². The number of ether oxygens (including phenoxy) is 1. The minimum absolute atomic E-state index is 0.356. The zero-order chi connectivity index (χ0) is 12.3. The van der Waals surface area contributed by atoms with Gasteiger partial charge in [-0.15, -0.1) is 0 Å². The molecule has 1 aliphatic rings. The Kier molecular flexibility index (Phi) is 3.78. The second-order valence-corrected chi connectivity index (χ2v) is 5.12. The van der Waals surface area contributed by atoms with Gasteiger partial charge in [0.1, 0.15) is 0 Å². The maximum atomic E-state index is 11.6. The van der Waals surface area contributed by atoms with Gasteiger partial charge in [-0.25, -0.2) is 4.79 Å². The van der Waals surface area contributed by atoms with Crippen LogP contribution in [-0.2, 0) is 4.74 Å². The number of hydrogen-bond donors (Lipinski definition) is 2. The molecule has 0 bridgehead atoms. The van der Waals surface area contributed by atoms with Crippen LogP contribution in [0.4, 0.5) is 11.4 Å². The maximum absolute atomic E-state index is 11.6. The molecular formula is C12H16N2O2S. The van der Waals surface area contributed by atoms with Crippen LogP contribution in [0.15, 0.2) is 18.2 Å². The summed E-state index contributed by atoms with van der Waals surface area (Å²) in [6.07, 6.45) is 1.10. The lowest BCUT2D eigenvalue weighted by Gasteiger charge is -2.17. The van der Waals surface area contributed by atoms with Crippen LogP contribution >= 0.6 is 11.8 Å². The van der Waals surface area contributed by atoms with E-state index in [0.717, 1.165) is 17.9 Å². The highest BCUT2D eigenvalue weighted by Crippen LogP contribution is 2.28. The van der Waals surface area contributed by atoms with Gasteiger partial charge in [-0.3, -0.25) is 0 Å². The van der Waals surface area contributed by atoms with Crippen LogP contribution in [0.2, 0.25) is 0 Å². The van der Waals surface area contributed by atoms with Crippen molar-refractivity contribution in [1.82, 2.24) is 0 Å². The lowest BCUT2D eigenvalue weighted by atomic mass is 10.1. The molecule has 0 aromatic heterocycles. The molecule has 4 nitrogen and oxygen atoms in total. The molecule has 0 aliphatic carbocycles. The largest absolute Gasteiger partial charge is 0.465 e. The molecule has 2 rings (SSSR count). The highest BCUT2D eigenvalue weighted by molar-refractivity contribution is 7.99. The van der Waals surface area contributed by atoms with Crippen molar-refractivity contribution in [2.45, 2.75) is 12.5 Å². The van der Waals surface area contributed by atoms with Gasteiger partial charge in [0.05, 0.1) is 24.0 Å². The highest BCUT2D eigenvalue weighted by atomic mass is 32.2. The van der Waals surface area contributed by atoms with Gasteiger partial charge in [0.25, 0.3) is 0 Å². The molecule has 0 spiro atoms. The monoisotopic (exact) mass is 252 g/mol. The maximum Gasteiger partial charge on any atom is 0.340 e. The third-order valence-corrected chi connectivity index (χ3v) is 3.94. The van der Waals surface area contributed by atoms with E-state index in [4.69, 9.17) is 10.5 Å². The fourth-order valence-corrected chi connectivity index (χ4v) is 3.02. The average molecular weight is 252 g/mol. The first kappa shape index (κ1) is 12.1. The van der Waals surface area contributed by atoms with Gasteiger partial charge >= 0.3 is 5.97 Å². The van der Waals surface area contributed by atoms with E-state index in [1.165, 1.54) is 7.11 Å². The first-order valence-electron chi connectivity index (χ1n) is 5.53. The Hall–Kier alpha value is -1.36. The van der Waals surface area contributed by atoms with Crippen molar-refractivity contribution in [2.75, 3.05) is 29.7 Å². The molecule has 1 atom stereocenters. The predicted octanol–water partition coefficient (Wildman–Crippen LogP) is 1.97. The summed E-state index contributed by atoms with van der Waals surface area (Å²) < 4.78 is 4.76. The zero-order valence-corrected chi connectivity index (χ0v) is 10.5. The predicted molar refractivity (Wildman–Crippen MR) is 71.5 cm³/mol. The van der Waals surface area contributed by atoms with E-state index >= 15 is 0 Å². The number of nitrogen functional groups attached to an aromatic ring is 1. The van der Waals surface area contributed by atoms with E-state index in [-0.39, 0.29) is 5.97 Å². The molecule has 3 N–H and O–H groups in total. The van der Waals surface area contributed by atoms with E-state index in [2.05, 4.69) is 5.32 Å². The number of rotatable bonds is 3. The zero-order valence-electron chi connectivity index (χ0n) is 9.73. The average Bonchev–Trinajstić information content (AvgIpc) is 2.83. The summed E-state index contributed by atoms with van der Waals surface area (Å²) in [6.45, 7) is 0. The number of carbonyl (C=O) groups is 1. The van der Waals surface area contributed by atoms with Crippen molar-refractivity contribution in [1.29, 1.82) is 0 Å². The van der Waals surface area contributed by atoms with Crippen molar-refractivity contribution >= 4 is 29.1 Å². The van der Waals surface area contributed by atoms with Crippen LogP contribution < -0.4 is 11.1 Å². The summed E-state index contributed by atoms with van der Waals surface area (Å²) in [7, 11) is 1.38. The van der Waals surface area contributed by atoms with Gasteiger partial charge in [0.2, 0.25) is 0 Å². The first-order valence-corrected chi connectivity index (χ1v) is 6.69. The molecular weight excluding hydrogens is 236 g/mol. The fraction of sp³-hybridized carbons (Fsp3) is 0.417. The number of methoxy groups -OCH3 is 1. The van der Waals surface area contributed by atoms with Crippen LogP contribution in [-0.4, -0.2) is 30.6 Å². The minimum atomic E-state index is -0.356. The standard InChI is InChI=1S/C12H16N2O2S/c1-16-12(15)9-3-2-4-10(13)11(9)14-8-5-6-17-7-8/h2-4,8,14H,5-7,13H2,1H3. The van der Waals surface area contributed by atoms with Crippen molar-refractivity contribution in [2.24, 2.45) is 0 Å². The minimum Gasteiger partial charge on any atom is -0.465 e. The Labute approximate surface area is 105 Å². The van der Waals surface area contributed by atoms with Crippen LogP contribution in [0.1, 0.15) is 16.8 Å². The topological polar surface area (TPSA) is 64.3 Å². The first-order chi connectivity index (χ1) is 8.22. The summed E-state index contributed by atoms with van der Waals surface area (Å²) in [5.74, 6) is 1.85. The smallest absolute Gasteiger partial charge is 0.340 e. The lowest BCUT2D eigenvalue weighted by Crippen LogP contribution is -2.21. The van der Waals surface area contributed by atoms with Gasteiger partial charge in [0.15, 0.2) is 0 Å². The van der Waals surface area contributed by atoms with Crippen LogP contribution in [0.25, 0.3) is 0 Å². The van der Waals surface area contributed by atoms with Crippen LogP contribution in [0, 0.1) is 0 Å².